The molecule has 0 amide bonds. The molecule has 0 saturated carbocycles. The fraction of sp³-hybridized carbons (Fsp3) is 0.458. The molecule has 2 aromatic carbocycles. The van der Waals surface area contributed by atoms with Crippen LogP contribution in [0.25, 0.3) is 11.0 Å². The van der Waals surface area contributed by atoms with Crippen LogP contribution in [-0.4, -0.2) is 48.0 Å². The van der Waals surface area contributed by atoms with E-state index in [4.69, 9.17) is 24.9 Å². The van der Waals surface area contributed by atoms with Crippen molar-refractivity contribution in [3.63, 3.8) is 0 Å². The second-order valence-electron chi connectivity index (χ2n) is 8.79. The van der Waals surface area contributed by atoms with Crippen LogP contribution in [0.3, 0.4) is 0 Å². The standard InChI is InChI=1S/C24H30N4O3.2ClH/c1-24(25,21-15-30-20-10-6-9-19(29-3)22(20)31-21)16-11-13-28(14-12-16)23-26-17-7-4-5-8-18(17)27(23)2;;/h4-10,16,21H,11-15,25H2,1-3H3;2*1H. The van der Waals surface area contributed by atoms with Gasteiger partial charge in [-0.15, -0.1) is 24.8 Å². The van der Waals surface area contributed by atoms with Crippen molar-refractivity contribution in [2.45, 2.75) is 31.4 Å². The minimum absolute atomic E-state index is 0. The average Bonchev–Trinajstić information content (AvgIpc) is 3.15. The number of benzene rings is 2. The summed E-state index contributed by atoms with van der Waals surface area (Å²) in [4.78, 5) is 7.22. The van der Waals surface area contributed by atoms with Gasteiger partial charge in [0.25, 0.3) is 0 Å². The van der Waals surface area contributed by atoms with E-state index in [1.807, 2.05) is 24.3 Å². The molecule has 3 heterocycles. The van der Waals surface area contributed by atoms with Crippen molar-refractivity contribution in [1.82, 2.24) is 9.55 Å². The van der Waals surface area contributed by atoms with E-state index in [0.29, 0.717) is 29.8 Å². The number of hydrogen-bond acceptors (Lipinski definition) is 6. The number of para-hydroxylation sites is 3. The summed E-state index contributed by atoms with van der Waals surface area (Å²) in [6, 6.07) is 14.0. The van der Waals surface area contributed by atoms with Gasteiger partial charge < -0.3 is 29.4 Å². The Morgan fingerprint density at radius 1 is 1.09 bits per heavy atom. The van der Waals surface area contributed by atoms with Gasteiger partial charge in [0.1, 0.15) is 6.61 Å². The van der Waals surface area contributed by atoms with Gasteiger partial charge in [0.2, 0.25) is 11.7 Å². The lowest BCUT2D eigenvalue weighted by molar-refractivity contribution is 0.00731. The Labute approximate surface area is 207 Å². The van der Waals surface area contributed by atoms with Crippen LogP contribution in [0.2, 0.25) is 0 Å². The largest absolute Gasteiger partial charge is 0.493 e. The topological polar surface area (TPSA) is 74.8 Å². The normalized spacial score (nSPS) is 19.9. The molecule has 0 bridgehead atoms. The highest BCUT2D eigenvalue weighted by Crippen LogP contribution is 2.43. The monoisotopic (exact) mass is 494 g/mol. The summed E-state index contributed by atoms with van der Waals surface area (Å²) < 4.78 is 20.0. The van der Waals surface area contributed by atoms with Crippen molar-refractivity contribution >= 4 is 41.8 Å². The first-order chi connectivity index (χ1) is 15.0. The zero-order valence-corrected chi connectivity index (χ0v) is 20.8. The molecule has 2 unspecified atom stereocenters. The minimum Gasteiger partial charge on any atom is -0.493 e. The molecule has 1 aromatic heterocycles. The maximum Gasteiger partial charge on any atom is 0.206 e. The summed E-state index contributed by atoms with van der Waals surface area (Å²) in [6.45, 7) is 4.37. The Kier molecular flexibility index (Phi) is 7.56. The van der Waals surface area contributed by atoms with E-state index < -0.39 is 5.54 Å². The zero-order valence-electron chi connectivity index (χ0n) is 19.2. The van der Waals surface area contributed by atoms with Gasteiger partial charge in [-0.25, -0.2) is 4.98 Å². The van der Waals surface area contributed by atoms with Crippen molar-refractivity contribution in [2.24, 2.45) is 18.7 Å². The molecule has 3 aromatic rings. The molecular weight excluding hydrogens is 463 g/mol. The third kappa shape index (κ3) is 4.42. The van der Waals surface area contributed by atoms with Crippen LogP contribution in [0.15, 0.2) is 42.5 Å². The molecule has 1 saturated heterocycles. The molecule has 2 atom stereocenters. The van der Waals surface area contributed by atoms with Crippen LogP contribution < -0.4 is 24.8 Å². The summed E-state index contributed by atoms with van der Waals surface area (Å²) in [5.74, 6) is 3.38. The van der Waals surface area contributed by atoms with Gasteiger partial charge in [0, 0.05) is 20.1 Å². The average molecular weight is 495 g/mol. The smallest absolute Gasteiger partial charge is 0.206 e. The molecule has 5 rings (SSSR count). The van der Waals surface area contributed by atoms with Crippen LogP contribution in [0.5, 0.6) is 17.2 Å². The number of methoxy groups -OCH3 is 1. The molecule has 7 nitrogen and oxygen atoms in total. The molecule has 180 valence electrons. The van der Waals surface area contributed by atoms with E-state index >= 15 is 0 Å². The number of anilines is 1. The second-order valence-corrected chi connectivity index (χ2v) is 8.79. The molecule has 1 fully saturated rings. The van der Waals surface area contributed by atoms with Crippen LogP contribution in [-0.2, 0) is 7.05 Å². The number of aryl methyl sites for hydroxylation is 1. The lowest BCUT2D eigenvalue weighted by Gasteiger charge is -2.45. The van der Waals surface area contributed by atoms with Crippen molar-refractivity contribution < 1.29 is 14.2 Å². The third-order valence-electron chi connectivity index (χ3n) is 6.93. The van der Waals surface area contributed by atoms with Crippen LogP contribution >= 0.6 is 24.8 Å². The van der Waals surface area contributed by atoms with Crippen molar-refractivity contribution in [2.75, 3.05) is 31.7 Å². The fourth-order valence-corrected chi connectivity index (χ4v) is 4.91. The van der Waals surface area contributed by atoms with Crippen LogP contribution in [0.1, 0.15) is 19.8 Å². The Bertz CT molecular complexity index is 1080. The summed E-state index contributed by atoms with van der Waals surface area (Å²) in [5.41, 5.74) is 8.58. The molecule has 0 aliphatic carbocycles. The fourth-order valence-electron chi connectivity index (χ4n) is 4.91. The Balaban J connectivity index is 0.00000153. The SMILES string of the molecule is COc1cccc2c1OC(C(C)(N)C1CCN(c3nc4ccccc4n3C)CC1)CO2.Cl.Cl. The molecule has 0 radical (unpaired) electrons. The van der Waals surface area contributed by atoms with Gasteiger partial charge in [0.15, 0.2) is 17.6 Å². The molecule has 0 spiro atoms. The van der Waals surface area contributed by atoms with Crippen molar-refractivity contribution in [3.8, 4) is 17.2 Å². The molecular formula is C24H32Cl2N4O3. The number of fused-ring (bicyclic) bond motifs is 2. The number of halogens is 2. The number of nitrogens with zero attached hydrogens (tertiary/aromatic N) is 3. The van der Waals surface area contributed by atoms with Gasteiger partial charge in [-0.1, -0.05) is 18.2 Å². The molecule has 2 aliphatic heterocycles. The highest BCUT2D eigenvalue weighted by molar-refractivity contribution is 5.85. The number of ether oxygens (including phenoxy) is 3. The van der Waals surface area contributed by atoms with Crippen LogP contribution in [0.4, 0.5) is 5.95 Å². The van der Waals surface area contributed by atoms with Crippen molar-refractivity contribution in [3.05, 3.63) is 42.5 Å². The maximum absolute atomic E-state index is 6.91. The Morgan fingerprint density at radius 2 is 1.82 bits per heavy atom. The molecule has 2 aliphatic rings. The summed E-state index contributed by atoms with van der Waals surface area (Å²) >= 11 is 0. The lowest BCUT2D eigenvalue weighted by atomic mass is 9.76. The van der Waals surface area contributed by atoms with Gasteiger partial charge in [-0.05, 0) is 49.9 Å². The quantitative estimate of drug-likeness (QED) is 0.585. The number of piperidine rings is 1. The number of aromatic nitrogens is 2. The van der Waals surface area contributed by atoms with Crippen molar-refractivity contribution in [1.29, 1.82) is 0 Å². The summed E-state index contributed by atoms with van der Waals surface area (Å²) in [7, 11) is 3.73. The van der Waals surface area contributed by atoms with E-state index in [-0.39, 0.29) is 30.9 Å². The molecule has 2 N–H and O–H groups in total. The highest BCUT2D eigenvalue weighted by atomic mass is 35.5. The first kappa shape index (κ1) is 25.3. The predicted molar refractivity (Wildman–Crippen MR) is 136 cm³/mol. The van der Waals surface area contributed by atoms with E-state index in [0.717, 1.165) is 42.9 Å². The number of rotatable bonds is 4. The first-order valence-corrected chi connectivity index (χ1v) is 10.9. The van der Waals surface area contributed by atoms with E-state index in [1.54, 1.807) is 7.11 Å². The third-order valence-corrected chi connectivity index (χ3v) is 6.93. The van der Waals surface area contributed by atoms with E-state index in [2.05, 4.69) is 41.6 Å². The van der Waals surface area contributed by atoms with Gasteiger partial charge >= 0.3 is 0 Å². The summed E-state index contributed by atoms with van der Waals surface area (Å²) in [6.07, 6.45) is 1.73. The zero-order chi connectivity index (χ0) is 21.6. The van der Waals surface area contributed by atoms with Crippen LogP contribution in [0, 0.1) is 5.92 Å². The van der Waals surface area contributed by atoms with Gasteiger partial charge in [-0.3, -0.25) is 0 Å². The number of imidazole rings is 1. The number of hydrogen-bond donors (Lipinski definition) is 1. The molecule has 33 heavy (non-hydrogen) atoms. The first-order valence-electron chi connectivity index (χ1n) is 10.9. The van der Waals surface area contributed by atoms with E-state index in [1.165, 1.54) is 0 Å². The lowest BCUT2D eigenvalue weighted by Crippen LogP contribution is -2.61. The Morgan fingerprint density at radius 3 is 2.52 bits per heavy atom. The summed E-state index contributed by atoms with van der Waals surface area (Å²) in [5, 5.41) is 0. The van der Waals surface area contributed by atoms with Gasteiger partial charge in [0.05, 0.1) is 23.7 Å². The minimum atomic E-state index is -0.517. The predicted octanol–water partition coefficient (Wildman–Crippen LogP) is 4.20. The molecule has 9 heteroatoms. The number of nitrogens with two attached hydrogens (primary N) is 1. The maximum atomic E-state index is 6.91. The van der Waals surface area contributed by atoms with E-state index in [9.17, 15) is 0 Å². The highest BCUT2D eigenvalue weighted by Gasteiger charge is 2.44. The second kappa shape index (κ2) is 9.87. The van der Waals surface area contributed by atoms with Gasteiger partial charge in [-0.2, -0.15) is 0 Å². The Hall–Kier alpha value is -2.35.